The van der Waals surface area contributed by atoms with Crippen molar-refractivity contribution in [3.8, 4) is 0 Å². The van der Waals surface area contributed by atoms with Crippen LogP contribution >= 0.6 is 11.6 Å². The normalized spacial score (nSPS) is 10.5. The predicted octanol–water partition coefficient (Wildman–Crippen LogP) is 4.50. The Labute approximate surface area is 146 Å². The maximum absolute atomic E-state index is 6.00. The summed E-state index contributed by atoms with van der Waals surface area (Å²) in [5.74, 6) is 2.20. The molecule has 0 radical (unpaired) electrons. The molecular weight excluding hydrogens is 322 g/mol. The third-order valence-corrected chi connectivity index (χ3v) is 3.72. The van der Waals surface area contributed by atoms with E-state index in [-0.39, 0.29) is 0 Å². The summed E-state index contributed by atoms with van der Waals surface area (Å²) in [5.41, 5.74) is 3.12. The molecule has 0 atom stereocenters. The Hall–Kier alpha value is -2.66. The zero-order valence-corrected chi connectivity index (χ0v) is 14.3. The van der Waals surface area contributed by atoms with Gasteiger partial charge in [-0.15, -0.1) is 0 Å². The van der Waals surface area contributed by atoms with Crippen LogP contribution in [0.25, 0.3) is 0 Å². The predicted molar refractivity (Wildman–Crippen MR) is 97.8 cm³/mol. The molecule has 0 amide bonds. The third kappa shape index (κ3) is 4.20. The van der Waals surface area contributed by atoms with Crippen LogP contribution in [0.5, 0.6) is 0 Å². The van der Waals surface area contributed by atoms with Gasteiger partial charge in [0.25, 0.3) is 0 Å². The molecule has 5 nitrogen and oxygen atoms in total. The minimum atomic E-state index is 0.656. The molecule has 0 aliphatic carbocycles. The molecule has 3 aromatic rings. The summed E-state index contributed by atoms with van der Waals surface area (Å²) in [5, 5.41) is 7.33. The van der Waals surface area contributed by atoms with Crippen LogP contribution in [-0.2, 0) is 6.54 Å². The van der Waals surface area contributed by atoms with Crippen LogP contribution in [0.3, 0.4) is 0 Å². The monoisotopic (exact) mass is 339 g/mol. The van der Waals surface area contributed by atoms with E-state index in [1.807, 2.05) is 56.4 Å². The fourth-order valence-electron chi connectivity index (χ4n) is 2.32. The van der Waals surface area contributed by atoms with Crippen molar-refractivity contribution in [2.75, 3.05) is 10.6 Å². The first-order chi connectivity index (χ1) is 11.6. The smallest absolute Gasteiger partial charge is 0.136 e. The molecule has 0 saturated heterocycles. The molecule has 0 fully saturated rings. The molecule has 1 aromatic carbocycles. The number of nitrogens with one attached hydrogen (secondary N) is 2. The Morgan fingerprint density at radius 3 is 2.62 bits per heavy atom. The van der Waals surface area contributed by atoms with Gasteiger partial charge in [-0.25, -0.2) is 9.97 Å². The minimum absolute atomic E-state index is 0.656. The molecule has 24 heavy (non-hydrogen) atoms. The number of nitrogens with zero attached hydrogens (tertiary/aromatic N) is 3. The van der Waals surface area contributed by atoms with E-state index in [2.05, 4.69) is 25.6 Å². The largest absolute Gasteiger partial charge is 0.366 e. The van der Waals surface area contributed by atoms with Crippen molar-refractivity contribution in [2.45, 2.75) is 20.4 Å². The zero-order chi connectivity index (χ0) is 16.9. The number of rotatable bonds is 5. The van der Waals surface area contributed by atoms with Crippen molar-refractivity contribution in [3.05, 3.63) is 70.8 Å². The van der Waals surface area contributed by atoms with Crippen molar-refractivity contribution in [2.24, 2.45) is 0 Å². The molecule has 3 rings (SSSR count). The summed E-state index contributed by atoms with van der Waals surface area (Å²) in [6, 6.07) is 11.5. The molecule has 0 bridgehead atoms. The van der Waals surface area contributed by atoms with Gasteiger partial charge < -0.3 is 10.6 Å². The molecule has 0 aliphatic heterocycles. The lowest BCUT2D eigenvalue weighted by Gasteiger charge is -2.12. The van der Waals surface area contributed by atoms with E-state index in [9.17, 15) is 0 Å². The number of aryl methyl sites for hydroxylation is 2. The van der Waals surface area contributed by atoms with Crippen molar-refractivity contribution >= 4 is 28.9 Å². The zero-order valence-electron chi connectivity index (χ0n) is 13.5. The highest BCUT2D eigenvalue weighted by atomic mass is 35.5. The van der Waals surface area contributed by atoms with Crippen molar-refractivity contribution < 1.29 is 0 Å². The van der Waals surface area contributed by atoms with Crippen LogP contribution < -0.4 is 10.6 Å². The van der Waals surface area contributed by atoms with Crippen LogP contribution in [0, 0.1) is 13.8 Å². The molecule has 2 N–H and O–H groups in total. The fraction of sp³-hybridized carbons (Fsp3) is 0.167. The van der Waals surface area contributed by atoms with Crippen LogP contribution in [0.2, 0.25) is 5.02 Å². The van der Waals surface area contributed by atoms with E-state index in [0.717, 1.165) is 33.5 Å². The van der Waals surface area contributed by atoms with Gasteiger partial charge in [0.15, 0.2) is 0 Å². The first-order valence-corrected chi connectivity index (χ1v) is 7.99. The summed E-state index contributed by atoms with van der Waals surface area (Å²) >= 11 is 6.00. The van der Waals surface area contributed by atoms with Crippen molar-refractivity contribution in [3.63, 3.8) is 0 Å². The number of benzene rings is 1. The van der Waals surface area contributed by atoms with Gasteiger partial charge in [-0.05, 0) is 49.2 Å². The maximum atomic E-state index is 6.00. The van der Waals surface area contributed by atoms with Crippen LogP contribution in [-0.4, -0.2) is 15.0 Å². The van der Waals surface area contributed by atoms with Gasteiger partial charge in [0.2, 0.25) is 0 Å². The molecule has 0 aliphatic rings. The van der Waals surface area contributed by atoms with Gasteiger partial charge in [0, 0.05) is 35.7 Å². The lowest BCUT2D eigenvalue weighted by molar-refractivity contribution is 1.02. The summed E-state index contributed by atoms with van der Waals surface area (Å²) in [7, 11) is 0. The fourth-order valence-corrected chi connectivity index (χ4v) is 2.55. The van der Waals surface area contributed by atoms with Gasteiger partial charge >= 0.3 is 0 Å². The summed E-state index contributed by atoms with van der Waals surface area (Å²) < 4.78 is 0. The van der Waals surface area contributed by atoms with Gasteiger partial charge in [0.05, 0.1) is 0 Å². The van der Waals surface area contributed by atoms with Gasteiger partial charge in [-0.2, -0.15) is 0 Å². The highest BCUT2D eigenvalue weighted by Crippen LogP contribution is 2.23. The van der Waals surface area contributed by atoms with E-state index in [4.69, 9.17) is 11.6 Å². The SMILES string of the molecule is Cc1nc(NCc2cccnc2)cc(Nc2ccc(Cl)cc2C)n1. The molecule has 6 heteroatoms. The quantitative estimate of drug-likeness (QED) is 0.716. The number of anilines is 3. The summed E-state index contributed by atoms with van der Waals surface area (Å²) in [6.07, 6.45) is 3.59. The second-order valence-electron chi connectivity index (χ2n) is 5.48. The second kappa shape index (κ2) is 7.27. The van der Waals surface area contributed by atoms with E-state index in [1.54, 1.807) is 6.20 Å². The highest BCUT2D eigenvalue weighted by Gasteiger charge is 2.05. The Kier molecular flexibility index (Phi) is 4.91. The lowest BCUT2D eigenvalue weighted by Crippen LogP contribution is -2.05. The molecule has 2 heterocycles. The lowest BCUT2D eigenvalue weighted by atomic mass is 10.2. The van der Waals surface area contributed by atoms with Crippen molar-refractivity contribution in [1.29, 1.82) is 0 Å². The Morgan fingerprint density at radius 2 is 1.88 bits per heavy atom. The van der Waals surface area contributed by atoms with Gasteiger partial charge in [-0.3, -0.25) is 4.98 Å². The standard InChI is InChI=1S/C18H18ClN5/c1-12-8-15(19)5-6-16(12)24-18-9-17(22-13(2)23-18)21-11-14-4-3-7-20-10-14/h3-10H,11H2,1-2H3,(H2,21,22,23,24). The van der Waals surface area contributed by atoms with E-state index in [0.29, 0.717) is 12.4 Å². The topological polar surface area (TPSA) is 62.7 Å². The maximum Gasteiger partial charge on any atom is 0.136 e. The Balaban J connectivity index is 1.76. The second-order valence-corrected chi connectivity index (χ2v) is 5.92. The van der Waals surface area contributed by atoms with Crippen LogP contribution in [0.15, 0.2) is 48.8 Å². The van der Waals surface area contributed by atoms with E-state index >= 15 is 0 Å². The third-order valence-electron chi connectivity index (χ3n) is 3.49. The van der Waals surface area contributed by atoms with Crippen molar-refractivity contribution in [1.82, 2.24) is 15.0 Å². The van der Waals surface area contributed by atoms with Crippen LogP contribution in [0.1, 0.15) is 17.0 Å². The minimum Gasteiger partial charge on any atom is -0.366 e. The first-order valence-electron chi connectivity index (χ1n) is 7.62. The first kappa shape index (κ1) is 16.2. The molecular formula is C18H18ClN5. The molecule has 0 spiro atoms. The summed E-state index contributed by atoms with van der Waals surface area (Å²) in [4.78, 5) is 13.0. The Bertz CT molecular complexity index is 836. The average molecular weight is 340 g/mol. The van der Waals surface area contributed by atoms with E-state index in [1.165, 1.54) is 0 Å². The average Bonchev–Trinajstić information content (AvgIpc) is 2.56. The van der Waals surface area contributed by atoms with Gasteiger partial charge in [0.1, 0.15) is 17.5 Å². The number of hydrogen-bond acceptors (Lipinski definition) is 5. The number of hydrogen-bond donors (Lipinski definition) is 2. The number of aromatic nitrogens is 3. The Morgan fingerprint density at radius 1 is 1.04 bits per heavy atom. The van der Waals surface area contributed by atoms with Crippen LogP contribution in [0.4, 0.5) is 17.3 Å². The van der Waals surface area contributed by atoms with Gasteiger partial charge in [-0.1, -0.05) is 17.7 Å². The molecule has 0 unspecified atom stereocenters. The molecule has 0 saturated carbocycles. The molecule has 122 valence electrons. The molecule has 2 aromatic heterocycles. The van der Waals surface area contributed by atoms with E-state index < -0.39 is 0 Å². The number of halogens is 1. The number of pyridine rings is 1. The summed E-state index contributed by atoms with van der Waals surface area (Å²) in [6.45, 7) is 4.53. The highest BCUT2D eigenvalue weighted by molar-refractivity contribution is 6.30.